The number of ether oxygens (including phenoxy) is 1. The molecule has 0 bridgehead atoms. The molecule has 5 heteroatoms. The molecule has 0 radical (unpaired) electrons. The van der Waals surface area contributed by atoms with Crippen LogP contribution < -0.4 is 15.4 Å². The summed E-state index contributed by atoms with van der Waals surface area (Å²) < 4.78 is 18.8. The number of piperidine rings is 1. The Morgan fingerprint density at radius 2 is 2.12 bits per heavy atom. The molecular weight excluding hydrogens is 319 g/mol. The van der Waals surface area contributed by atoms with Gasteiger partial charge in [-0.1, -0.05) is 25.1 Å². The van der Waals surface area contributed by atoms with Gasteiger partial charge in [-0.2, -0.15) is 0 Å². The summed E-state index contributed by atoms with van der Waals surface area (Å²) in [4.78, 5) is 12.5. The van der Waals surface area contributed by atoms with Crippen LogP contribution in [0.25, 0.3) is 0 Å². The predicted octanol–water partition coefficient (Wildman–Crippen LogP) is 3.13. The number of hydrogen-bond donors (Lipinski definition) is 2. The first kappa shape index (κ1) is 17.4. The molecule has 4 nitrogen and oxygen atoms in total. The summed E-state index contributed by atoms with van der Waals surface area (Å²) in [5.41, 5.74) is 1.49. The zero-order chi connectivity index (χ0) is 17.6. The third-order valence-electron chi connectivity index (χ3n) is 4.49. The summed E-state index contributed by atoms with van der Waals surface area (Å²) in [6.45, 7) is 4.28. The molecule has 0 spiro atoms. The number of carbonyl (C=O) groups excluding carboxylic acids is 1. The number of benzene rings is 2. The van der Waals surface area contributed by atoms with Gasteiger partial charge >= 0.3 is 0 Å². The van der Waals surface area contributed by atoms with Crippen molar-refractivity contribution in [3.05, 3.63) is 65.5 Å². The molecule has 1 fully saturated rings. The van der Waals surface area contributed by atoms with Crippen molar-refractivity contribution in [1.82, 2.24) is 10.6 Å². The highest BCUT2D eigenvalue weighted by Gasteiger charge is 2.23. The summed E-state index contributed by atoms with van der Waals surface area (Å²) in [5, 5.41) is 6.45. The fourth-order valence-corrected chi connectivity index (χ4v) is 3.01. The van der Waals surface area contributed by atoms with Crippen molar-refractivity contribution in [3.8, 4) is 5.75 Å². The summed E-state index contributed by atoms with van der Waals surface area (Å²) in [6.07, 6.45) is 0.940. The van der Waals surface area contributed by atoms with Gasteiger partial charge in [-0.15, -0.1) is 0 Å². The van der Waals surface area contributed by atoms with E-state index in [4.69, 9.17) is 4.74 Å². The largest absolute Gasteiger partial charge is 0.489 e. The number of rotatable bonds is 5. The molecule has 1 aliphatic heterocycles. The first-order chi connectivity index (χ1) is 12.1. The van der Waals surface area contributed by atoms with Crippen molar-refractivity contribution in [2.75, 3.05) is 13.1 Å². The minimum atomic E-state index is -0.332. The van der Waals surface area contributed by atoms with Gasteiger partial charge in [-0.25, -0.2) is 4.39 Å². The lowest BCUT2D eigenvalue weighted by Crippen LogP contribution is -2.48. The van der Waals surface area contributed by atoms with Crippen molar-refractivity contribution in [2.45, 2.75) is 26.0 Å². The van der Waals surface area contributed by atoms with Crippen LogP contribution in [0.5, 0.6) is 5.75 Å². The van der Waals surface area contributed by atoms with E-state index in [0.29, 0.717) is 17.2 Å². The molecular formula is C20H23FN2O2. The highest BCUT2D eigenvalue weighted by atomic mass is 19.1. The normalized spacial score (nSPS) is 20.1. The van der Waals surface area contributed by atoms with Crippen LogP contribution in [0.2, 0.25) is 0 Å². The molecule has 1 amide bonds. The van der Waals surface area contributed by atoms with Crippen molar-refractivity contribution in [3.63, 3.8) is 0 Å². The van der Waals surface area contributed by atoms with Gasteiger partial charge in [-0.3, -0.25) is 4.79 Å². The maximum Gasteiger partial charge on any atom is 0.251 e. The lowest BCUT2D eigenvalue weighted by Gasteiger charge is -2.30. The second kappa shape index (κ2) is 8.12. The summed E-state index contributed by atoms with van der Waals surface area (Å²) >= 11 is 0. The summed E-state index contributed by atoms with van der Waals surface area (Å²) in [7, 11) is 0. The highest BCUT2D eigenvalue weighted by molar-refractivity contribution is 5.94. The topological polar surface area (TPSA) is 50.4 Å². The first-order valence-electron chi connectivity index (χ1n) is 8.61. The number of nitrogens with one attached hydrogen (secondary N) is 2. The van der Waals surface area contributed by atoms with E-state index < -0.39 is 0 Å². The van der Waals surface area contributed by atoms with E-state index in [9.17, 15) is 9.18 Å². The van der Waals surface area contributed by atoms with E-state index in [1.165, 1.54) is 12.1 Å². The number of hydrogen-bond acceptors (Lipinski definition) is 3. The quantitative estimate of drug-likeness (QED) is 0.878. The van der Waals surface area contributed by atoms with Crippen LogP contribution in [0, 0.1) is 11.7 Å². The molecule has 2 aromatic carbocycles. The van der Waals surface area contributed by atoms with Gasteiger partial charge in [0.2, 0.25) is 0 Å². The van der Waals surface area contributed by atoms with Crippen LogP contribution in [0.15, 0.2) is 48.5 Å². The van der Waals surface area contributed by atoms with Crippen LogP contribution in [0.3, 0.4) is 0 Å². The Bertz CT molecular complexity index is 735. The van der Waals surface area contributed by atoms with Crippen molar-refractivity contribution in [2.24, 2.45) is 5.92 Å². The third-order valence-corrected chi connectivity index (χ3v) is 4.49. The van der Waals surface area contributed by atoms with E-state index >= 15 is 0 Å². The van der Waals surface area contributed by atoms with E-state index in [-0.39, 0.29) is 24.4 Å². The van der Waals surface area contributed by atoms with Crippen molar-refractivity contribution < 1.29 is 13.9 Å². The van der Waals surface area contributed by atoms with Gasteiger partial charge in [0.1, 0.15) is 18.2 Å². The third kappa shape index (κ3) is 4.79. The molecule has 132 valence electrons. The van der Waals surface area contributed by atoms with Crippen LogP contribution in [0.1, 0.15) is 29.3 Å². The lowest BCUT2D eigenvalue weighted by molar-refractivity contribution is 0.0914. The van der Waals surface area contributed by atoms with Crippen LogP contribution in [-0.4, -0.2) is 25.0 Å². The lowest BCUT2D eigenvalue weighted by atomic mass is 9.95. The highest BCUT2D eigenvalue weighted by Crippen LogP contribution is 2.16. The molecule has 2 N–H and O–H groups in total. The average Bonchev–Trinajstić information content (AvgIpc) is 2.62. The minimum Gasteiger partial charge on any atom is -0.489 e. The van der Waals surface area contributed by atoms with Gasteiger partial charge in [0, 0.05) is 17.7 Å². The Morgan fingerprint density at radius 1 is 1.28 bits per heavy atom. The minimum absolute atomic E-state index is 0.0636. The molecule has 25 heavy (non-hydrogen) atoms. The fraction of sp³-hybridized carbons (Fsp3) is 0.350. The molecule has 0 aliphatic carbocycles. The van der Waals surface area contributed by atoms with Gasteiger partial charge < -0.3 is 15.4 Å². The van der Waals surface area contributed by atoms with Gasteiger partial charge in [0.25, 0.3) is 5.91 Å². The molecule has 2 atom stereocenters. The molecule has 1 aliphatic rings. The maximum absolute atomic E-state index is 13.2. The van der Waals surface area contributed by atoms with E-state index in [2.05, 4.69) is 17.6 Å². The van der Waals surface area contributed by atoms with Gasteiger partial charge in [0.05, 0.1) is 0 Å². The monoisotopic (exact) mass is 342 g/mol. The molecule has 1 heterocycles. The van der Waals surface area contributed by atoms with E-state index in [1.54, 1.807) is 18.2 Å². The first-order valence-corrected chi connectivity index (χ1v) is 8.61. The van der Waals surface area contributed by atoms with Gasteiger partial charge in [0.15, 0.2) is 0 Å². The Morgan fingerprint density at radius 3 is 2.92 bits per heavy atom. The Kier molecular flexibility index (Phi) is 5.66. The smallest absolute Gasteiger partial charge is 0.251 e. The summed E-state index contributed by atoms with van der Waals surface area (Å²) in [6, 6.07) is 13.6. The van der Waals surface area contributed by atoms with Crippen LogP contribution in [-0.2, 0) is 6.61 Å². The van der Waals surface area contributed by atoms with Gasteiger partial charge in [-0.05, 0) is 55.3 Å². The Hall–Kier alpha value is -2.40. The summed E-state index contributed by atoms with van der Waals surface area (Å²) in [5.74, 6) is 0.489. The predicted molar refractivity (Wildman–Crippen MR) is 95.1 cm³/mol. The van der Waals surface area contributed by atoms with E-state index in [0.717, 1.165) is 25.1 Å². The second-order valence-electron chi connectivity index (χ2n) is 6.50. The Labute approximate surface area is 147 Å². The SMILES string of the molecule is CC1CNCCC1NC(=O)c1cccc(COc2cccc(F)c2)c1. The molecule has 0 aromatic heterocycles. The average molecular weight is 342 g/mol. The fourth-order valence-electron chi connectivity index (χ4n) is 3.01. The molecule has 1 saturated heterocycles. The zero-order valence-electron chi connectivity index (χ0n) is 14.3. The standard InChI is InChI=1S/C20H23FN2O2/c1-14-12-22-9-8-19(14)23-20(24)16-5-2-4-15(10-16)13-25-18-7-3-6-17(21)11-18/h2-7,10-11,14,19,22H,8-9,12-13H2,1H3,(H,23,24). The second-order valence-corrected chi connectivity index (χ2v) is 6.50. The maximum atomic E-state index is 13.2. The number of amides is 1. The molecule has 2 aromatic rings. The van der Waals surface area contributed by atoms with Crippen LogP contribution >= 0.6 is 0 Å². The molecule has 3 rings (SSSR count). The number of carbonyl (C=O) groups is 1. The van der Waals surface area contributed by atoms with Crippen molar-refractivity contribution >= 4 is 5.91 Å². The van der Waals surface area contributed by atoms with E-state index in [1.807, 2.05) is 18.2 Å². The molecule has 0 saturated carbocycles. The molecule has 2 unspecified atom stereocenters. The number of halogens is 1. The Balaban J connectivity index is 1.61. The zero-order valence-corrected chi connectivity index (χ0v) is 14.3. The van der Waals surface area contributed by atoms with Crippen molar-refractivity contribution in [1.29, 1.82) is 0 Å². The van der Waals surface area contributed by atoms with Crippen LogP contribution in [0.4, 0.5) is 4.39 Å².